The molecule has 124 valence electrons. The van der Waals surface area contributed by atoms with Gasteiger partial charge >= 0.3 is 0 Å². The van der Waals surface area contributed by atoms with E-state index < -0.39 is 10.0 Å². The summed E-state index contributed by atoms with van der Waals surface area (Å²) in [5, 5.41) is 6.31. The number of sulfonamides is 1. The molecule has 23 heavy (non-hydrogen) atoms. The Morgan fingerprint density at radius 3 is 2.43 bits per heavy atom. The van der Waals surface area contributed by atoms with Crippen molar-refractivity contribution < 1.29 is 17.7 Å². The van der Waals surface area contributed by atoms with Gasteiger partial charge in [0.05, 0.1) is 4.90 Å². The van der Waals surface area contributed by atoms with Gasteiger partial charge in [-0.1, -0.05) is 19.0 Å². The summed E-state index contributed by atoms with van der Waals surface area (Å²) in [7, 11) is -3.75. The minimum Gasteiger partial charge on any atom is -0.360 e. The van der Waals surface area contributed by atoms with Gasteiger partial charge in [0, 0.05) is 18.2 Å². The lowest BCUT2D eigenvalue weighted by atomic mass is 10.1. The standard InChI is InChI=1S/C15H19N3O4S/c1-10(2)8-15(19)16-12-4-6-13(7-5-12)23(20,21)18-14-9-11(3)22-17-14/h4-7,9-10H,8H2,1-3H3,(H,16,19)(H,17,18). The van der Waals surface area contributed by atoms with E-state index in [1.165, 1.54) is 18.2 Å². The Labute approximate surface area is 135 Å². The highest BCUT2D eigenvalue weighted by Gasteiger charge is 2.16. The molecule has 0 unspecified atom stereocenters. The Hall–Kier alpha value is -2.35. The predicted octanol–water partition coefficient (Wildman–Crippen LogP) is 2.77. The molecule has 2 rings (SSSR count). The fourth-order valence-corrected chi connectivity index (χ4v) is 2.90. The average molecular weight is 337 g/mol. The summed E-state index contributed by atoms with van der Waals surface area (Å²) in [4.78, 5) is 11.8. The molecule has 0 saturated heterocycles. The highest BCUT2D eigenvalue weighted by Crippen LogP contribution is 2.18. The van der Waals surface area contributed by atoms with E-state index in [2.05, 4.69) is 15.2 Å². The van der Waals surface area contributed by atoms with Crippen molar-refractivity contribution in [3.8, 4) is 0 Å². The first-order chi connectivity index (χ1) is 10.8. The first-order valence-electron chi connectivity index (χ1n) is 7.12. The van der Waals surface area contributed by atoms with Gasteiger partial charge in [0.1, 0.15) is 5.76 Å². The zero-order valence-corrected chi connectivity index (χ0v) is 14.0. The average Bonchev–Trinajstić information content (AvgIpc) is 2.83. The molecule has 2 aromatic rings. The van der Waals surface area contributed by atoms with Gasteiger partial charge in [-0.2, -0.15) is 0 Å². The van der Waals surface area contributed by atoms with Crippen molar-refractivity contribution in [2.24, 2.45) is 5.92 Å². The van der Waals surface area contributed by atoms with Crippen molar-refractivity contribution in [2.75, 3.05) is 10.0 Å². The first kappa shape index (κ1) is 17.0. The lowest BCUT2D eigenvalue weighted by molar-refractivity contribution is -0.116. The second-order valence-electron chi connectivity index (χ2n) is 5.60. The first-order valence-corrected chi connectivity index (χ1v) is 8.60. The molecule has 7 nitrogen and oxygen atoms in total. The Morgan fingerprint density at radius 2 is 1.91 bits per heavy atom. The third-order valence-corrected chi connectivity index (χ3v) is 4.28. The molecule has 1 amide bonds. The molecule has 0 radical (unpaired) electrons. The van der Waals surface area contributed by atoms with Crippen LogP contribution in [-0.4, -0.2) is 19.5 Å². The van der Waals surface area contributed by atoms with E-state index >= 15 is 0 Å². The summed E-state index contributed by atoms with van der Waals surface area (Å²) in [6, 6.07) is 7.40. The number of carbonyl (C=O) groups is 1. The summed E-state index contributed by atoms with van der Waals surface area (Å²) in [5.41, 5.74) is 0.548. The number of aromatic nitrogens is 1. The fourth-order valence-electron chi connectivity index (χ4n) is 1.91. The quantitative estimate of drug-likeness (QED) is 0.844. The summed E-state index contributed by atoms with van der Waals surface area (Å²) in [5.74, 6) is 0.777. The lowest BCUT2D eigenvalue weighted by Gasteiger charge is -2.09. The Kier molecular flexibility index (Phi) is 5.05. The van der Waals surface area contributed by atoms with Crippen LogP contribution in [0, 0.1) is 12.8 Å². The van der Waals surface area contributed by atoms with Gasteiger partial charge < -0.3 is 9.84 Å². The van der Waals surface area contributed by atoms with Gasteiger partial charge in [0.2, 0.25) is 5.91 Å². The number of anilines is 2. The molecule has 0 spiro atoms. The normalized spacial score (nSPS) is 11.5. The molecule has 8 heteroatoms. The Balaban J connectivity index is 2.07. The van der Waals surface area contributed by atoms with Gasteiger partial charge in [-0.25, -0.2) is 8.42 Å². The lowest BCUT2D eigenvalue weighted by Crippen LogP contribution is -2.15. The van der Waals surface area contributed by atoms with Crippen LogP contribution in [-0.2, 0) is 14.8 Å². The predicted molar refractivity (Wildman–Crippen MR) is 86.6 cm³/mol. The largest absolute Gasteiger partial charge is 0.360 e. The third-order valence-electron chi connectivity index (χ3n) is 2.91. The molecule has 1 aromatic heterocycles. The van der Waals surface area contributed by atoms with E-state index in [1.54, 1.807) is 19.1 Å². The second-order valence-corrected chi connectivity index (χ2v) is 7.28. The van der Waals surface area contributed by atoms with Crippen LogP contribution in [0.4, 0.5) is 11.5 Å². The Bertz CT molecular complexity index is 779. The molecule has 0 aliphatic carbocycles. The molecule has 0 atom stereocenters. The number of rotatable bonds is 6. The van der Waals surface area contributed by atoms with E-state index in [-0.39, 0.29) is 22.5 Å². The molecular weight excluding hydrogens is 318 g/mol. The smallest absolute Gasteiger partial charge is 0.263 e. The molecule has 0 aliphatic heterocycles. The van der Waals surface area contributed by atoms with E-state index in [1.807, 2.05) is 13.8 Å². The van der Waals surface area contributed by atoms with Crippen LogP contribution in [0.2, 0.25) is 0 Å². The van der Waals surface area contributed by atoms with Crippen LogP contribution in [0.3, 0.4) is 0 Å². The van der Waals surface area contributed by atoms with Crippen LogP contribution in [0.15, 0.2) is 39.8 Å². The maximum atomic E-state index is 12.2. The molecule has 0 bridgehead atoms. The van der Waals surface area contributed by atoms with E-state index in [0.717, 1.165) is 0 Å². The number of hydrogen-bond acceptors (Lipinski definition) is 5. The zero-order valence-electron chi connectivity index (χ0n) is 13.2. The number of hydrogen-bond donors (Lipinski definition) is 2. The van der Waals surface area contributed by atoms with Crippen LogP contribution >= 0.6 is 0 Å². The number of aryl methyl sites for hydroxylation is 1. The molecule has 0 fully saturated rings. The van der Waals surface area contributed by atoms with Crippen molar-refractivity contribution in [1.82, 2.24) is 5.16 Å². The molecular formula is C15H19N3O4S. The van der Waals surface area contributed by atoms with Crippen molar-refractivity contribution >= 4 is 27.4 Å². The maximum absolute atomic E-state index is 12.2. The summed E-state index contributed by atoms with van der Waals surface area (Å²) < 4.78 is 31.6. The van der Waals surface area contributed by atoms with Crippen molar-refractivity contribution in [2.45, 2.75) is 32.1 Å². The molecule has 1 heterocycles. The topological polar surface area (TPSA) is 101 Å². The second kappa shape index (κ2) is 6.82. The van der Waals surface area contributed by atoms with Crippen molar-refractivity contribution in [1.29, 1.82) is 0 Å². The maximum Gasteiger partial charge on any atom is 0.263 e. The van der Waals surface area contributed by atoms with Crippen LogP contribution < -0.4 is 10.0 Å². The van der Waals surface area contributed by atoms with Crippen molar-refractivity contribution in [3.63, 3.8) is 0 Å². The van der Waals surface area contributed by atoms with E-state index in [0.29, 0.717) is 17.9 Å². The minimum atomic E-state index is -3.75. The number of amides is 1. The molecule has 2 N–H and O–H groups in total. The summed E-state index contributed by atoms with van der Waals surface area (Å²) in [6.45, 7) is 5.57. The summed E-state index contributed by atoms with van der Waals surface area (Å²) in [6.07, 6.45) is 0.410. The van der Waals surface area contributed by atoms with Gasteiger partial charge in [-0.3, -0.25) is 9.52 Å². The number of nitrogens with one attached hydrogen (secondary N) is 2. The highest BCUT2D eigenvalue weighted by molar-refractivity contribution is 7.92. The van der Waals surface area contributed by atoms with Crippen molar-refractivity contribution in [3.05, 3.63) is 36.1 Å². The molecule has 1 aromatic carbocycles. The van der Waals surface area contributed by atoms with Gasteiger partial charge in [-0.05, 0) is 37.1 Å². The monoisotopic (exact) mass is 337 g/mol. The number of carbonyl (C=O) groups excluding carboxylic acids is 1. The molecule has 0 aliphatic rings. The zero-order chi connectivity index (χ0) is 17.0. The van der Waals surface area contributed by atoms with Crippen LogP contribution in [0.25, 0.3) is 0 Å². The van der Waals surface area contributed by atoms with Gasteiger partial charge in [0.15, 0.2) is 5.82 Å². The SMILES string of the molecule is Cc1cc(NS(=O)(=O)c2ccc(NC(=O)CC(C)C)cc2)no1. The van der Waals surface area contributed by atoms with E-state index in [4.69, 9.17) is 4.52 Å². The van der Waals surface area contributed by atoms with Gasteiger partial charge in [0.25, 0.3) is 10.0 Å². The minimum absolute atomic E-state index is 0.0695. The summed E-state index contributed by atoms with van der Waals surface area (Å²) >= 11 is 0. The van der Waals surface area contributed by atoms with Crippen LogP contribution in [0.1, 0.15) is 26.0 Å². The van der Waals surface area contributed by atoms with E-state index in [9.17, 15) is 13.2 Å². The molecule has 0 saturated carbocycles. The Morgan fingerprint density at radius 1 is 1.26 bits per heavy atom. The number of nitrogens with zero attached hydrogens (tertiary/aromatic N) is 1. The fraction of sp³-hybridized carbons (Fsp3) is 0.333. The highest BCUT2D eigenvalue weighted by atomic mass is 32.2. The van der Waals surface area contributed by atoms with Gasteiger partial charge in [-0.15, -0.1) is 0 Å². The van der Waals surface area contributed by atoms with Crippen LogP contribution in [0.5, 0.6) is 0 Å². The third kappa shape index (κ3) is 4.82. The number of benzene rings is 1.